The van der Waals surface area contributed by atoms with Crippen molar-refractivity contribution in [1.82, 2.24) is 23.7 Å². The molecule has 4 aromatic heterocycles. The summed E-state index contributed by atoms with van der Waals surface area (Å²) in [5, 5.41) is -3.30. The SMILES string of the molecule is [2H]c1c([2H])c([2H])c(-c2cc(-c3cc(-n4c5c([2H])c([2H])c([2H])c([2H])c5c5c([2H])c([2H])c([2H])c([2H])c54)c(-n4c5c([2H])c([2H])c([2H])c([2H])c5c5c([2H])c([2H])c([2H])c([2H])c54)c(-n4c5c([2H])c([2H])c([2H])c([2H])c5c5c([2H])c([2H])c([2H])c([2H])c54)c3)nc(-c3ccccc3)n2)c([2H])c1[2H]. The van der Waals surface area contributed by atoms with Crippen LogP contribution in [0.25, 0.3) is 116 Å². The van der Waals surface area contributed by atoms with Gasteiger partial charge in [0.1, 0.15) is 0 Å². The van der Waals surface area contributed by atoms with Gasteiger partial charge in [-0.3, -0.25) is 0 Å². The van der Waals surface area contributed by atoms with E-state index in [1.165, 1.54) is 18.2 Å². The molecule has 0 N–H and O–H groups in total. The lowest BCUT2D eigenvalue weighted by atomic mass is 10.0. The van der Waals surface area contributed by atoms with Crippen LogP contribution < -0.4 is 0 Å². The summed E-state index contributed by atoms with van der Waals surface area (Å²) in [6.45, 7) is 0. The maximum Gasteiger partial charge on any atom is 0.160 e. The van der Waals surface area contributed by atoms with Crippen molar-refractivity contribution in [2.24, 2.45) is 0 Å². The third-order valence-corrected chi connectivity index (χ3v) is 10.7. The molecule has 0 bridgehead atoms. The van der Waals surface area contributed by atoms with Crippen molar-refractivity contribution >= 4 is 65.4 Å². The first kappa shape index (κ1) is 17.1. The fourth-order valence-corrected chi connectivity index (χ4v) is 8.11. The second kappa shape index (κ2) is 14.0. The minimum Gasteiger partial charge on any atom is -0.307 e. The highest BCUT2D eigenvalue weighted by atomic mass is 15.1. The van der Waals surface area contributed by atoms with Crippen LogP contribution >= 0.6 is 0 Å². The molecule has 0 aliphatic carbocycles. The Hall–Kier alpha value is -8.54. The first-order valence-corrected chi connectivity index (χ1v) is 19.0. The van der Waals surface area contributed by atoms with Crippen molar-refractivity contribution < 1.29 is 39.8 Å². The molecular weight excluding hydrogens is 767 g/mol. The topological polar surface area (TPSA) is 40.6 Å². The highest BCUT2D eigenvalue weighted by molar-refractivity contribution is 6.14. The largest absolute Gasteiger partial charge is 0.307 e. The average molecular weight is 833 g/mol. The molecule has 4 heterocycles. The molecule has 13 aromatic rings. The fraction of sp³-hybridized carbons (Fsp3) is 0. The zero-order valence-electron chi connectivity index (χ0n) is 60.9. The van der Waals surface area contributed by atoms with E-state index in [1.807, 2.05) is 0 Å². The summed E-state index contributed by atoms with van der Waals surface area (Å²) in [6.07, 6.45) is 0. The van der Waals surface area contributed by atoms with Gasteiger partial charge in [0, 0.05) is 49.0 Å². The molecule has 0 amide bonds. The van der Waals surface area contributed by atoms with Gasteiger partial charge in [-0.25, -0.2) is 9.97 Å². The zero-order valence-corrected chi connectivity index (χ0v) is 31.9. The van der Waals surface area contributed by atoms with E-state index in [0.717, 1.165) is 13.7 Å². The molecule has 5 nitrogen and oxygen atoms in total. The number of hydrogen-bond acceptors (Lipinski definition) is 2. The predicted molar refractivity (Wildman–Crippen MR) is 261 cm³/mol. The lowest BCUT2D eigenvalue weighted by molar-refractivity contribution is 1.05. The Balaban J connectivity index is 1.44. The smallest absolute Gasteiger partial charge is 0.160 e. The lowest BCUT2D eigenvalue weighted by Gasteiger charge is -2.23. The summed E-state index contributed by atoms with van der Waals surface area (Å²) in [6, 6.07) is -14.1. The molecule has 5 heteroatoms. The molecule has 0 radical (unpaired) electrons. The Morgan fingerprint density at radius 2 is 0.667 bits per heavy atom. The van der Waals surface area contributed by atoms with E-state index in [4.69, 9.17) is 25.0 Å². The van der Waals surface area contributed by atoms with Gasteiger partial charge in [0.25, 0.3) is 0 Å². The lowest BCUT2D eigenvalue weighted by Crippen LogP contribution is -2.10. The maximum absolute atomic E-state index is 9.80. The van der Waals surface area contributed by atoms with Crippen LogP contribution in [-0.4, -0.2) is 23.7 Å². The molecule has 0 atom stereocenters. The number of hydrogen-bond donors (Lipinski definition) is 0. The first-order valence-electron chi connectivity index (χ1n) is 33.5. The third kappa shape index (κ3) is 5.43. The Labute approximate surface area is 403 Å². The fourth-order valence-electron chi connectivity index (χ4n) is 8.11. The molecule has 0 saturated carbocycles. The predicted octanol–water partition coefficient (Wildman–Crippen LogP) is 14.8. The number of fused-ring (bicyclic) bond motifs is 9. The van der Waals surface area contributed by atoms with E-state index in [2.05, 4.69) is 0 Å². The van der Waals surface area contributed by atoms with Crippen LogP contribution in [0.15, 0.2) is 224 Å². The highest BCUT2D eigenvalue weighted by Gasteiger charge is 2.26. The van der Waals surface area contributed by atoms with Gasteiger partial charge in [-0.2, -0.15) is 0 Å². The van der Waals surface area contributed by atoms with Crippen LogP contribution in [0.3, 0.4) is 0 Å². The van der Waals surface area contributed by atoms with Crippen molar-refractivity contribution in [3.05, 3.63) is 224 Å². The monoisotopic (exact) mass is 832 g/mol. The summed E-state index contributed by atoms with van der Waals surface area (Å²) in [5.41, 5.74) is -7.00. The van der Waals surface area contributed by atoms with E-state index in [0.29, 0.717) is 0 Å². The summed E-state index contributed by atoms with van der Waals surface area (Å²) >= 11 is 0. The quantitative estimate of drug-likeness (QED) is 0.167. The van der Waals surface area contributed by atoms with Crippen LogP contribution in [0.4, 0.5) is 0 Å². The Morgan fingerprint density at radius 1 is 0.317 bits per heavy atom. The zero-order chi connectivity index (χ0) is 66.7. The minimum atomic E-state index is -0.962. The highest BCUT2D eigenvalue weighted by Crippen LogP contribution is 2.45. The Bertz CT molecular complexity index is 5190. The number of para-hydroxylation sites is 6. The number of rotatable bonds is 6. The molecule has 0 spiro atoms. The Kier molecular flexibility index (Phi) is 3.80. The first-order chi connectivity index (χ1) is 43.3. The van der Waals surface area contributed by atoms with Crippen LogP contribution in [-0.2, 0) is 0 Å². The molecule has 0 aliphatic heterocycles. The van der Waals surface area contributed by atoms with Crippen LogP contribution in [0.2, 0.25) is 0 Å². The van der Waals surface area contributed by atoms with E-state index in [-0.39, 0.29) is 28.3 Å². The summed E-state index contributed by atoms with van der Waals surface area (Å²) < 4.78 is 271. The van der Waals surface area contributed by atoms with Crippen molar-refractivity contribution in [2.75, 3.05) is 0 Å². The van der Waals surface area contributed by atoms with Crippen molar-refractivity contribution in [3.8, 4) is 51.0 Å². The second-order valence-corrected chi connectivity index (χ2v) is 14.0. The third-order valence-electron chi connectivity index (χ3n) is 10.7. The molecule has 294 valence electrons. The van der Waals surface area contributed by atoms with E-state index >= 15 is 0 Å². The normalized spacial score (nSPS) is 18.3. The van der Waals surface area contributed by atoms with E-state index in [9.17, 15) is 24.7 Å². The van der Waals surface area contributed by atoms with Gasteiger partial charge in [-0.1, -0.05) is 169 Å². The maximum atomic E-state index is 9.80. The minimum absolute atomic E-state index is 0.202. The number of nitrogens with zero attached hydrogens (tertiary/aromatic N) is 5. The van der Waals surface area contributed by atoms with Crippen molar-refractivity contribution in [3.63, 3.8) is 0 Å². The van der Waals surface area contributed by atoms with E-state index in [1.54, 1.807) is 30.3 Å². The summed E-state index contributed by atoms with van der Waals surface area (Å²) in [5.74, 6) is -0.202. The molecule has 13 rings (SSSR count). The molecule has 0 saturated heterocycles. The molecule has 9 aromatic carbocycles. The number of benzene rings is 9. The van der Waals surface area contributed by atoms with Crippen LogP contribution in [0, 0.1) is 0 Å². The van der Waals surface area contributed by atoms with Crippen molar-refractivity contribution in [1.29, 1.82) is 0 Å². The Morgan fingerprint density at radius 3 is 1.08 bits per heavy atom. The number of aromatic nitrogens is 5. The van der Waals surface area contributed by atoms with Crippen LogP contribution in [0.5, 0.6) is 0 Å². The molecule has 63 heavy (non-hydrogen) atoms. The summed E-state index contributed by atoms with van der Waals surface area (Å²) in [7, 11) is 0. The van der Waals surface area contributed by atoms with Gasteiger partial charge < -0.3 is 13.7 Å². The van der Waals surface area contributed by atoms with Gasteiger partial charge in [0.15, 0.2) is 5.82 Å². The molecule has 0 aliphatic rings. The molecule has 0 fully saturated rings. The molecular formula is C58H37N5. The van der Waals surface area contributed by atoms with Gasteiger partial charge in [-0.05, 0) is 54.5 Å². The second-order valence-electron chi connectivity index (χ2n) is 14.0. The standard InChI is InChI=1S/C58H37N5/c1-3-19-38(20-4-1)47-37-48(60-58(59-47)39-21-5-2-6-22-39)40-35-55(61-49-29-13-7-23-41(49)42-24-8-14-30-50(42)61)57(63-53-33-17-11-27-45(53)46-28-12-18-34-54(46)63)56(36-40)62-51-31-15-9-25-43(51)44-26-10-16-32-52(44)62/h1-37H/i1D,3D,4D,7D,8D,9D,10D,11D,12D,13D,14D,15D,16D,17D,18D,19D,20D,23D,24D,25D,26D,27D,28D,29D,30D,31D,32D,33D,34D. The van der Waals surface area contributed by atoms with E-state index < -0.39 is 263 Å². The average Bonchev–Trinajstić information content (AvgIpc) is 1.52. The van der Waals surface area contributed by atoms with Gasteiger partial charge in [0.2, 0.25) is 0 Å². The van der Waals surface area contributed by atoms with Gasteiger partial charge in [-0.15, -0.1) is 0 Å². The summed E-state index contributed by atoms with van der Waals surface area (Å²) in [4.78, 5) is 9.67. The van der Waals surface area contributed by atoms with Crippen molar-refractivity contribution in [2.45, 2.75) is 0 Å². The van der Waals surface area contributed by atoms with Gasteiger partial charge >= 0.3 is 0 Å². The van der Waals surface area contributed by atoms with Crippen LogP contribution in [0.1, 0.15) is 39.8 Å². The molecule has 0 unspecified atom stereocenters. The van der Waals surface area contributed by atoms with Gasteiger partial charge in [0.05, 0.1) is 101 Å².